The van der Waals surface area contributed by atoms with E-state index < -0.39 is 0 Å². The summed E-state index contributed by atoms with van der Waals surface area (Å²) in [6.45, 7) is 4.02. The number of benzene rings is 1. The van der Waals surface area contributed by atoms with Crippen LogP contribution >= 0.6 is 0 Å². The molecule has 0 saturated heterocycles. The lowest BCUT2D eigenvalue weighted by molar-refractivity contribution is -0.139. The van der Waals surface area contributed by atoms with Gasteiger partial charge in [0.05, 0.1) is 13.5 Å². The summed E-state index contributed by atoms with van der Waals surface area (Å²) < 4.78 is 10.4. The summed E-state index contributed by atoms with van der Waals surface area (Å²) in [7, 11) is 1.40. The van der Waals surface area contributed by atoms with E-state index in [4.69, 9.17) is 4.74 Å². The molecule has 0 aliphatic carbocycles. The van der Waals surface area contributed by atoms with Gasteiger partial charge in [-0.05, 0) is 37.6 Å². The highest BCUT2D eigenvalue weighted by molar-refractivity contribution is 5.73. The summed E-state index contributed by atoms with van der Waals surface area (Å²) in [5.41, 5.74) is 1.67. The van der Waals surface area contributed by atoms with Gasteiger partial charge in [-0.2, -0.15) is 0 Å². The summed E-state index contributed by atoms with van der Waals surface area (Å²) in [6, 6.07) is 5.75. The minimum Gasteiger partial charge on any atom is -0.483 e. The van der Waals surface area contributed by atoms with Crippen LogP contribution in [0.1, 0.15) is 25.0 Å². The molecule has 17 heavy (non-hydrogen) atoms. The van der Waals surface area contributed by atoms with Crippen LogP contribution in [0.3, 0.4) is 0 Å². The van der Waals surface area contributed by atoms with Crippen LogP contribution in [0.15, 0.2) is 24.3 Å². The normalized spacial score (nSPS) is 15.9. The molecule has 0 radical (unpaired) electrons. The Kier molecular flexibility index (Phi) is 2.92. The first kappa shape index (κ1) is 11.7. The van der Waals surface area contributed by atoms with Gasteiger partial charge in [0.15, 0.2) is 0 Å². The Bertz CT molecular complexity index is 472. The van der Waals surface area contributed by atoms with Gasteiger partial charge in [0.25, 0.3) is 0 Å². The highest BCUT2D eigenvalue weighted by Crippen LogP contribution is 2.31. The first-order valence-corrected chi connectivity index (χ1v) is 5.58. The Labute approximate surface area is 101 Å². The number of esters is 1. The van der Waals surface area contributed by atoms with Crippen molar-refractivity contribution in [2.45, 2.75) is 25.9 Å². The van der Waals surface area contributed by atoms with E-state index >= 15 is 0 Å². The number of methoxy groups -OCH3 is 1. The van der Waals surface area contributed by atoms with E-state index in [1.165, 1.54) is 7.11 Å². The first-order chi connectivity index (χ1) is 8.00. The number of ether oxygens (including phenoxy) is 2. The number of hydrogen-bond acceptors (Lipinski definition) is 3. The number of fused-ring (bicyclic) bond motifs is 1. The van der Waals surface area contributed by atoms with Crippen molar-refractivity contribution in [3.8, 4) is 5.75 Å². The number of carbonyl (C=O) groups is 1. The molecule has 0 unspecified atom stereocenters. The van der Waals surface area contributed by atoms with E-state index in [0.717, 1.165) is 16.9 Å². The van der Waals surface area contributed by atoms with E-state index in [-0.39, 0.29) is 11.6 Å². The van der Waals surface area contributed by atoms with E-state index in [1.807, 2.05) is 44.2 Å². The highest BCUT2D eigenvalue weighted by atomic mass is 16.5. The third-order valence-electron chi connectivity index (χ3n) is 2.69. The van der Waals surface area contributed by atoms with Crippen LogP contribution < -0.4 is 4.74 Å². The molecule has 1 aromatic rings. The topological polar surface area (TPSA) is 35.5 Å². The Morgan fingerprint density at radius 1 is 1.41 bits per heavy atom. The fourth-order valence-electron chi connectivity index (χ4n) is 1.78. The second-order valence-electron chi connectivity index (χ2n) is 4.66. The van der Waals surface area contributed by atoms with Crippen LogP contribution in [-0.4, -0.2) is 18.7 Å². The van der Waals surface area contributed by atoms with E-state index in [1.54, 1.807) is 0 Å². The van der Waals surface area contributed by atoms with Crippen LogP contribution in [0.25, 0.3) is 6.08 Å². The molecule has 1 aliphatic heterocycles. The lowest BCUT2D eigenvalue weighted by Gasteiger charge is -2.28. The van der Waals surface area contributed by atoms with Gasteiger partial charge in [0.1, 0.15) is 11.4 Å². The summed E-state index contributed by atoms with van der Waals surface area (Å²) in [4.78, 5) is 11.2. The van der Waals surface area contributed by atoms with E-state index in [0.29, 0.717) is 6.42 Å². The Morgan fingerprint density at radius 3 is 2.88 bits per heavy atom. The minimum atomic E-state index is -0.267. The first-order valence-electron chi connectivity index (χ1n) is 5.58. The van der Waals surface area contributed by atoms with Crippen LogP contribution in [0, 0.1) is 0 Å². The number of rotatable bonds is 2. The van der Waals surface area contributed by atoms with Crippen molar-refractivity contribution in [2.24, 2.45) is 0 Å². The zero-order chi connectivity index (χ0) is 12.5. The van der Waals surface area contributed by atoms with Gasteiger partial charge in [-0.3, -0.25) is 4.79 Å². The molecule has 0 aromatic heterocycles. The quantitative estimate of drug-likeness (QED) is 0.735. The molecule has 0 spiro atoms. The second-order valence-corrected chi connectivity index (χ2v) is 4.66. The smallest absolute Gasteiger partial charge is 0.309 e. The maximum atomic E-state index is 11.2. The van der Waals surface area contributed by atoms with Crippen molar-refractivity contribution in [1.29, 1.82) is 0 Å². The molecule has 0 saturated carbocycles. The van der Waals surface area contributed by atoms with Crippen molar-refractivity contribution in [3.05, 3.63) is 35.4 Å². The number of carbonyl (C=O) groups excluding carboxylic acids is 1. The Hall–Kier alpha value is -1.77. The van der Waals surface area contributed by atoms with Gasteiger partial charge < -0.3 is 9.47 Å². The lowest BCUT2D eigenvalue weighted by atomic mass is 10.00. The molecule has 3 heteroatoms. The SMILES string of the molecule is COC(=O)Cc1ccc2c(c1)C=CC(C)(C)O2. The number of hydrogen-bond donors (Lipinski definition) is 0. The maximum Gasteiger partial charge on any atom is 0.309 e. The van der Waals surface area contributed by atoms with Gasteiger partial charge in [-0.25, -0.2) is 0 Å². The minimum absolute atomic E-state index is 0.231. The van der Waals surface area contributed by atoms with Crippen LogP contribution in [-0.2, 0) is 16.0 Å². The van der Waals surface area contributed by atoms with Crippen molar-refractivity contribution < 1.29 is 14.3 Å². The fourth-order valence-corrected chi connectivity index (χ4v) is 1.78. The molecule has 2 rings (SSSR count). The van der Waals surface area contributed by atoms with Crippen LogP contribution in [0.4, 0.5) is 0 Å². The fraction of sp³-hybridized carbons (Fsp3) is 0.357. The average Bonchev–Trinajstić information content (AvgIpc) is 2.28. The Morgan fingerprint density at radius 2 is 2.18 bits per heavy atom. The van der Waals surface area contributed by atoms with Crippen LogP contribution in [0.5, 0.6) is 5.75 Å². The van der Waals surface area contributed by atoms with Gasteiger partial charge in [0.2, 0.25) is 0 Å². The summed E-state index contributed by atoms with van der Waals surface area (Å²) in [5, 5.41) is 0. The monoisotopic (exact) mass is 232 g/mol. The lowest BCUT2D eigenvalue weighted by Crippen LogP contribution is -2.27. The third-order valence-corrected chi connectivity index (χ3v) is 2.69. The average molecular weight is 232 g/mol. The van der Waals surface area contributed by atoms with Crippen molar-refractivity contribution >= 4 is 12.0 Å². The van der Waals surface area contributed by atoms with Crippen molar-refractivity contribution in [2.75, 3.05) is 7.11 Å². The van der Waals surface area contributed by atoms with Gasteiger partial charge >= 0.3 is 5.97 Å². The molecular weight excluding hydrogens is 216 g/mol. The largest absolute Gasteiger partial charge is 0.483 e. The maximum absolute atomic E-state index is 11.2. The third kappa shape index (κ3) is 2.67. The standard InChI is InChI=1S/C14H16O3/c1-14(2)7-6-11-8-10(9-13(15)16-3)4-5-12(11)17-14/h4-8H,9H2,1-3H3. The van der Waals surface area contributed by atoms with Crippen molar-refractivity contribution in [1.82, 2.24) is 0 Å². The van der Waals surface area contributed by atoms with E-state index in [2.05, 4.69) is 4.74 Å². The van der Waals surface area contributed by atoms with Crippen molar-refractivity contribution in [3.63, 3.8) is 0 Å². The molecule has 1 aromatic carbocycles. The molecule has 1 aliphatic rings. The zero-order valence-electron chi connectivity index (χ0n) is 10.3. The van der Waals surface area contributed by atoms with Crippen LogP contribution in [0.2, 0.25) is 0 Å². The molecule has 0 amide bonds. The predicted octanol–water partition coefficient (Wildman–Crippen LogP) is 2.59. The summed E-state index contributed by atoms with van der Waals surface area (Å²) in [6.07, 6.45) is 4.33. The van der Waals surface area contributed by atoms with Gasteiger partial charge in [-0.15, -0.1) is 0 Å². The molecule has 90 valence electrons. The predicted molar refractivity (Wildman–Crippen MR) is 65.9 cm³/mol. The molecule has 0 bridgehead atoms. The second kappa shape index (κ2) is 4.24. The molecule has 0 fully saturated rings. The van der Waals surface area contributed by atoms with Gasteiger partial charge in [-0.1, -0.05) is 12.1 Å². The molecule has 0 N–H and O–H groups in total. The summed E-state index contributed by atoms with van der Waals surface area (Å²) >= 11 is 0. The molecule has 3 nitrogen and oxygen atoms in total. The highest BCUT2D eigenvalue weighted by Gasteiger charge is 2.21. The zero-order valence-corrected chi connectivity index (χ0v) is 10.3. The molecular formula is C14H16O3. The van der Waals surface area contributed by atoms with Gasteiger partial charge in [0, 0.05) is 5.56 Å². The summed E-state index contributed by atoms with van der Waals surface area (Å²) in [5.74, 6) is 0.622. The molecule has 0 atom stereocenters. The Balaban J connectivity index is 2.24. The molecule has 1 heterocycles. The van der Waals surface area contributed by atoms with E-state index in [9.17, 15) is 4.79 Å².